The molecule has 0 heterocycles. The first kappa shape index (κ1) is 31.2. The van der Waals surface area contributed by atoms with Crippen molar-refractivity contribution in [3.05, 3.63) is 95.1 Å². The third-order valence-electron chi connectivity index (χ3n) is 6.92. The minimum absolute atomic E-state index is 0.0340. The van der Waals surface area contributed by atoms with Gasteiger partial charge in [-0.05, 0) is 71.7 Å². The largest absolute Gasteiger partial charge is 0.493 e. The number of ether oxygens (including phenoxy) is 2. The average molecular weight is 593 g/mol. The topological polar surface area (TPSA) is 18.5 Å². The van der Waals surface area contributed by atoms with E-state index in [2.05, 4.69) is 11.7 Å². The predicted molar refractivity (Wildman–Crippen MR) is 149 cm³/mol. The van der Waals surface area contributed by atoms with Gasteiger partial charge in [0.1, 0.15) is 17.4 Å². The summed E-state index contributed by atoms with van der Waals surface area (Å²) in [5.74, 6) is -4.17. The van der Waals surface area contributed by atoms with Crippen molar-refractivity contribution in [3.63, 3.8) is 0 Å². The summed E-state index contributed by atoms with van der Waals surface area (Å²) in [4.78, 5) is 0. The normalized spacial score (nSPS) is 11.7. The number of aryl methyl sites for hydroxylation is 2. The first-order chi connectivity index (χ1) is 20.1. The van der Waals surface area contributed by atoms with Crippen LogP contribution in [0, 0.1) is 23.3 Å². The molecular formula is C33H31F7O2. The van der Waals surface area contributed by atoms with Crippen molar-refractivity contribution in [2.24, 2.45) is 0 Å². The summed E-state index contributed by atoms with van der Waals surface area (Å²) in [6.07, 6.45) is 0.844. The van der Waals surface area contributed by atoms with Gasteiger partial charge in [0.25, 0.3) is 0 Å². The summed E-state index contributed by atoms with van der Waals surface area (Å²) in [6, 6.07) is 14.5. The molecule has 0 radical (unpaired) electrons. The smallest absolute Gasteiger partial charge is 0.422 e. The Kier molecular flexibility index (Phi) is 10.4. The number of halogens is 7. The molecule has 0 saturated heterocycles. The van der Waals surface area contributed by atoms with Gasteiger partial charge >= 0.3 is 6.18 Å². The maximum absolute atomic E-state index is 15.3. The van der Waals surface area contributed by atoms with Gasteiger partial charge in [0, 0.05) is 17.0 Å². The highest BCUT2D eigenvalue weighted by molar-refractivity contribution is 5.88. The van der Waals surface area contributed by atoms with Gasteiger partial charge in [-0.1, -0.05) is 56.9 Å². The van der Waals surface area contributed by atoms with Crippen LogP contribution in [0.5, 0.6) is 11.5 Å². The first-order valence-electron chi connectivity index (χ1n) is 13.9. The van der Waals surface area contributed by atoms with E-state index in [1.807, 2.05) is 0 Å². The fourth-order valence-corrected chi connectivity index (χ4v) is 4.74. The quantitative estimate of drug-likeness (QED) is 0.114. The summed E-state index contributed by atoms with van der Waals surface area (Å²) < 4.78 is 106. The van der Waals surface area contributed by atoms with Crippen molar-refractivity contribution in [1.82, 2.24) is 0 Å². The number of fused-ring (bicyclic) bond motifs is 1. The van der Waals surface area contributed by atoms with Crippen LogP contribution in [0.3, 0.4) is 0 Å². The Morgan fingerprint density at radius 2 is 1.43 bits per heavy atom. The van der Waals surface area contributed by atoms with Crippen LogP contribution in [0.15, 0.2) is 60.7 Å². The molecule has 9 heteroatoms. The summed E-state index contributed by atoms with van der Waals surface area (Å²) >= 11 is 0. The third-order valence-corrected chi connectivity index (χ3v) is 6.92. The number of unbranched alkanes of at least 4 members (excludes halogenated alkanes) is 4. The van der Waals surface area contributed by atoms with Gasteiger partial charge in [0.05, 0.1) is 6.61 Å². The lowest BCUT2D eigenvalue weighted by molar-refractivity contribution is -0.154. The Labute approximate surface area is 240 Å². The molecule has 4 aromatic carbocycles. The zero-order valence-electron chi connectivity index (χ0n) is 23.1. The lowest BCUT2D eigenvalue weighted by Crippen LogP contribution is -2.20. The Morgan fingerprint density at radius 3 is 2.12 bits per heavy atom. The van der Waals surface area contributed by atoms with Crippen LogP contribution in [0.25, 0.3) is 21.9 Å². The zero-order valence-corrected chi connectivity index (χ0v) is 23.1. The van der Waals surface area contributed by atoms with Crippen LogP contribution < -0.4 is 9.47 Å². The molecule has 42 heavy (non-hydrogen) atoms. The molecule has 0 atom stereocenters. The van der Waals surface area contributed by atoms with Gasteiger partial charge in [-0.3, -0.25) is 0 Å². The van der Waals surface area contributed by atoms with Gasteiger partial charge in [0.15, 0.2) is 24.0 Å². The van der Waals surface area contributed by atoms with Crippen molar-refractivity contribution in [1.29, 1.82) is 0 Å². The van der Waals surface area contributed by atoms with E-state index < -0.39 is 41.8 Å². The van der Waals surface area contributed by atoms with E-state index >= 15 is 4.39 Å². The van der Waals surface area contributed by atoms with E-state index in [9.17, 15) is 26.3 Å². The highest BCUT2D eigenvalue weighted by atomic mass is 19.4. The standard InChI is InChI=1S/C33H31F7O2/c1-2-3-4-5-6-15-41-25-12-14-26(28(34)19-25)23-11-13-27-24(18-23)10-9-22(31(27)37)8-7-21-16-29(35)32(30(36)17-21)42-20-33(38,39)40/h9-14,16-19H,2-8,15,20H2,1H3. The van der Waals surface area contributed by atoms with Crippen LogP contribution in [-0.4, -0.2) is 19.4 Å². The molecule has 0 aliphatic heterocycles. The van der Waals surface area contributed by atoms with E-state index in [1.165, 1.54) is 12.5 Å². The van der Waals surface area contributed by atoms with Crippen molar-refractivity contribution in [2.75, 3.05) is 13.2 Å². The summed E-state index contributed by atoms with van der Waals surface area (Å²) in [5, 5.41) is 0.844. The molecule has 0 N–H and O–H groups in total. The lowest BCUT2D eigenvalue weighted by atomic mass is 9.97. The highest BCUT2D eigenvalue weighted by Gasteiger charge is 2.30. The maximum Gasteiger partial charge on any atom is 0.422 e. The fraction of sp³-hybridized carbons (Fsp3) is 0.333. The summed E-state index contributed by atoms with van der Waals surface area (Å²) in [5.41, 5.74) is 1.34. The molecule has 0 aliphatic rings. The van der Waals surface area contributed by atoms with Crippen LogP contribution in [0.4, 0.5) is 30.7 Å². The van der Waals surface area contributed by atoms with Gasteiger partial charge < -0.3 is 9.47 Å². The summed E-state index contributed by atoms with van der Waals surface area (Å²) in [7, 11) is 0. The van der Waals surface area contributed by atoms with Crippen molar-refractivity contribution in [3.8, 4) is 22.6 Å². The number of hydrogen-bond acceptors (Lipinski definition) is 2. The van der Waals surface area contributed by atoms with Crippen LogP contribution in [0.1, 0.15) is 50.2 Å². The third kappa shape index (κ3) is 8.17. The molecule has 0 aromatic heterocycles. The first-order valence-corrected chi connectivity index (χ1v) is 13.9. The lowest BCUT2D eigenvalue weighted by Gasteiger charge is -2.13. The van der Waals surface area contributed by atoms with Crippen LogP contribution in [-0.2, 0) is 12.8 Å². The molecule has 0 unspecified atom stereocenters. The van der Waals surface area contributed by atoms with Gasteiger partial charge in [0.2, 0.25) is 0 Å². The molecule has 2 nitrogen and oxygen atoms in total. The number of rotatable bonds is 13. The van der Waals surface area contributed by atoms with Gasteiger partial charge in [-0.2, -0.15) is 13.2 Å². The number of benzene rings is 4. The second-order valence-corrected chi connectivity index (χ2v) is 10.2. The number of alkyl halides is 3. The maximum atomic E-state index is 15.3. The molecular weight excluding hydrogens is 561 g/mol. The Morgan fingerprint density at radius 1 is 0.690 bits per heavy atom. The van der Waals surface area contributed by atoms with Gasteiger partial charge in [-0.15, -0.1) is 0 Å². The van der Waals surface area contributed by atoms with E-state index in [-0.39, 0.29) is 24.0 Å². The second-order valence-electron chi connectivity index (χ2n) is 10.2. The monoisotopic (exact) mass is 592 g/mol. The molecule has 0 amide bonds. The highest BCUT2D eigenvalue weighted by Crippen LogP contribution is 2.32. The Balaban J connectivity index is 1.43. The van der Waals surface area contributed by atoms with E-state index in [0.29, 0.717) is 34.3 Å². The molecule has 0 aliphatic carbocycles. The minimum atomic E-state index is -4.74. The molecule has 0 spiro atoms. The Bertz CT molecular complexity index is 1490. The molecule has 224 valence electrons. The minimum Gasteiger partial charge on any atom is -0.493 e. The molecule has 0 saturated carbocycles. The zero-order chi connectivity index (χ0) is 30.3. The number of hydrogen-bond donors (Lipinski definition) is 0. The van der Waals surface area contributed by atoms with Crippen LogP contribution >= 0.6 is 0 Å². The van der Waals surface area contributed by atoms with E-state index in [1.54, 1.807) is 42.5 Å². The SMILES string of the molecule is CCCCCCCOc1ccc(-c2ccc3c(F)c(CCc4cc(F)c(OCC(F)(F)F)c(F)c4)ccc3c2)c(F)c1. The Hall–Kier alpha value is -3.75. The van der Waals surface area contributed by atoms with E-state index in [4.69, 9.17) is 4.74 Å². The average Bonchev–Trinajstić information content (AvgIpc) is 2.93. The predicted octanol–water partition coefficient (Wildman–Crippen LogP) is 10.1. The van der Waals surface area contributed by atoms with Gasteiger partial charge in [-0.25, -0.2) is 17.6 Å². The molecule has 0 bridgehead atoms. The summed E-state index contributed by atoms with van der Waals surface area (Å²) in [6.45, 7) is 0.845. The second kappa shape index (κ2) is 13.9. The molecule has 0 fully saturated rings. The molecule has 4 aromatic rings. The van der Waals surface area contributed by atoms with Crippen molar-refractivity contribution < 1.29 is 40.2 Å². The van der Waals surface area contributed by atoms with Crippen LogP contribution in [0.2, 0.25) is 0 Å². The molecule has 4 rings (SSSR count). The van der Waals surface area contributed by atoms with E-state index in [0.717, 1.165) is 37.8 Å². The van der Waals surface area contributed by atoms with Crippen molar-refractivity contribution in [2.45, 2.75) is 58.0 Å². The van der Waals surface area contributed by atoms with Crippen molar-refractivity contribution >= 4 is 10.8 Å². The fourth-order valence-electron chi connectivity index (χ4n) is 4.74.